The summed E-state index contributed by atoms with van der Waals surface area (Å²) in [5, 5.41) is 9.87. The van der Waals surface area contributed by atoms with Crippen LogP contribution in [0.2, 0.25) is 0 Å². The van der Waals surface area contributed by atoms with Crippen molar-refractivity contribution in [3.05, 3.63) is 30.6 Å². The van der Waals surface area contributed by atoms with Gasteiger partial charge in [-0.05, 0) is 18.2 Å². The Balaban J connectivity index is 2.33. The van der Waals surface area contributed by atoms with Gasteiger partial charge >= 0.3 is 5.97 Å². The Morgan fingerprint density at radius 3 is 2.83 bits per heavy atom. The number of hydrogen-bond acceptors (Lipinski definition) is 4. The highest BCUT2D eigenvalue weighted by Gasteiger charge is 2.15. The van der Waals surface area contributed by atoms with E-state index >= 15 is 0 Å². The average molecular weight is 245 g/mol. The molecule has 1 N–H and O–H groups in total. The van der Waals surface area contributed by atoms with Gasteiger partial charge in [-0.15, -0.1) is 0 Å². The molecular weight excluding hydrogens is 230 g/mol. The molecule has 0 saturated carbocycles. The first-order valence-corrected chi connectivity index (χ1v) is 5.73. The maximum atomic E-state index is 10.9. The van der Waals surface area contributed by atoms with Crippen LogP contribution in [0.3, 0.4) is 0 Å². The second-order valence-corrected chi connectivity index (χ2v) is 4.32. The number of aromatic nitrogens is 2. The summed E-state index contributed by atoms with van der Waals surface area (Å²) >= 11 is 0. The van der Waals surface area contributed by atoms with E-state index in [-0.39, 0.29) is 0 Å². The van der Waals surface area contributed by atoms with Gasteiger partial charge in [-0.1, -0.05) is 6.92 Å². The first-order chi connectivity index (χ1) is 8.59. The fraction of sp³-hybridized carbons (Fsp3) is 0.308. The minimum atomic E-state index is -0.793. The molecule has 94 valence electrons. The fourth-order valence-corrected chi connectivity index (χ4v) is 1.89. The SMILES string of the molecule is CC(CN(C)c1ccnc2ncccc12)C(=O)O. The zero-order valence-corrected chi connectivity index (χ0v) is 10.4. The van der Waals surface area contributed by atoms with E-state index < -0.39 is 11.9 Å². The molecular formula is C13H15N3O2. The van der Waals surface area contributed by atoms with Crippen LogP contribution < -0.4 is 4.90 Å². The quantitative estimate of drug-likeness (QED) is 0.889. The molecule has 0 fully saturated rings. The van der Waals surface area contributed by atoms with Gasteiger partial charge in [0.2, 0.25) is 0 Å². The highest BCUT2D eigenvalue weighted by atomic mass is 16.4. The molecule has 0 aliphatic carbocycles. The Labute approximate surface area is 105 Å². The summed E-state index contributed by atoms with van der Waals surface area (Å²) in [4.78, 5) is 21.2. The van der Waals surface area contributed by atoms with E-state index in [1.165, 1.54) is 0 Å². The lowest BCUT2D eigenvalue weighted by molar-refractivity contribution is -0.140. The predicted molar refractivity (Wildman–Crippen MR) is 69.6 cm³/mol. The molecule has 0 saturated heterocycles. The summed E-state index contributed by atoms with van der Waals surface area (Å²) in [5.41, 5.74) is 1.62. The molecule has 2 heterocycles. The van der Waals surface area contributed by atoms with E-state index in [4.69, 9.17) is 5.11 Å². The van der Waals surface area contributed by atoms with Crippen molar-refractivity contribution in [2.75, 3.05) is 18.5 Å². The van der Waals surface area contributed by atoms with Crippen molar-refractivity contribution in [2.45, 2.75) is 6.92 Å². The first-order valence-electron chi connectivity index (χ1n) is 5.73. The van der Waals surface area contributed by atoms with Crippen LogP contribution in [0.15, 0.2) is 30.6 Å². The smallest absolute Gasteiger partial charge is 0.308 e. The van der Waals surface area contributed by atoms with Crippen LogP contribution in [-0.2, 0) is 4.79 Å². The van der Waals surface area contributed by atoms with Crippen LogP contribution in [0.25, 0.3) is 11.0 Å². The maximum Gasteiger partial charge on any atom is 0.308 e. The molecule has 2 rings (SSSR count). The van der Waals surface area contributed by atoms with Crippen molar-refractivity contribution < 1.29 is 9.90 Å². The molecule has 0 aliphatic heterocycles. The van der Waals surface area contributed by atoms with Gasteiger partial charge in [0.15, 0.2) is 5.65 Å². The molecule has 1 atom stereocenters. The number of carboxylic acids is 1. The van der Waals surface area contributed by atoms with Gasteiger partial charge < -0.3 is 10.0 Å². The predicted octanol–water partition coefficient (Wildman–Crippen LogP) is 1.79. The minimum absolute atomic E-state index is 0.421. The fourth-order valence-electron chi connectivity index (χ4n) is 1.89. The number of rotatable bonds is 4. The van der Waals surface area contributed by atoms with Crippen LogP contribution in [0.5, 0.6) is 0 Å². The molecule has 0 aromatic carbocycles. The molecule has 0 aliphatic rings. The number of carboxylic acid groups (broad SMARTS) is 1. The van der Waals surface area contributed by atoms with Crippen molar-refractivity contribution in [1.82, 2.24) is 9.97 Å². The largest absolute Gasteiger partial charge is 0.481 e. The summed E-state index contributed by atoms with van der Waals surface area (Å²) in [6.07, 6.45) is 3.38. The van der Waals surface area contributed by atoms with Crippen molar-refractivity contribution in [3.8, 4) is 0 Å². The summed E-state index contributed by atoms with van der Waals surface area (Å²) in [6.45, 7) is 2.14. The van der Waals surface area contributed by atoms with E-state index in [0.717, 1.165) is 11.1 Å². The molecule has 5 heteroatoms. The highest BCUT2D eigenvalue weighted by molar-refractivity contribution is 5.89. The molecule has 0 amide bonds. The molecule has 2 aromatic heterocycles. The van der Waals surface area contributed by atoms with Crippen molar-refractivity contribution in [3.63, 3.8) is 0 Å². The average Bonchev–Trinajstić information content (AvgIpc) is 2.37. The molecule has 0 bridgehead atoms. The summed E-state index contributed by atoms with van der Waals surface area (Å²) < 4.78 is 0. The second kappa shape index (κ2) is 5.00. The third kappa shape index (κ3) is 2.40. The van der Waals surface area contributed by atoms with E-state index in [9.17, 15) is 4.79 Å². The lowest BCUT2D eigenvalue weighted by Gasteiger charge is -2.22. The van der Waals surface area contributed by atoms with Crippen molar-refractivity contribution in [2.24, 2.45) is 5.92 Å². The Morgan fingerprint density at radius 2 is 2.11 bits per heavy atom. The summed E-state index contributed by atoms with van der Waals surface area (Å²) in [5.74, 6) is -1.21. The lowest BCUT2D eigenvalue weighted by Crippen LogP contribution is -2.28. The van der Waals surface area contributed by atoms with E-state index in [1.54, 1.807) is 19.3 Å². The zero-order chi connectivity index (χ0) is 13.1. The van der Waals surface area contributed by atoms with E-state index in [0.29, 0.717) is 12.2 Å². The Kier molecular flexibility index (Phi) is 3.41. The van der Waals surface area contributed by atoms with E-state index in [2.05, 4.69) is 9.97 Å². The number of aliphatic carboxylic acids is 1. The van der Waals surface area contributed by atoms with Crippen molar-refractivity contribution in [1.29, 1.82) is 0 Å². The van der Waals surface area contributed by atoms with Gasteiger partial charge in [-0.25, -0.2) is 9.97 Å². The molecule has 1 unspecified atom stereocenters. The second-order valence-electron chi connectivity index (χ2n) is 4.32. The highest BCUT2D eigenvalue weighted by Crippen LogP contribution is 2.23. The molecule has 0 radical (unpaired) electrons. The van der Waals surface area contributed by atoms with Gasteiger partial charge in [0, 0.05) is 37.1 Å². The third-order valence-corrected chi connectivity index (χ3v) is 2.87. The van der Waals surface area contributed by atoms with Crippen LogP contribution in [-0.4, -0.2) is 34.6 Å². The van der Waals surface area contributed by atoms with Crippen LogP contribution >= 0.6 is 0 Å². The van der Waals surface area contributed by atoms with Gasteiger partial charge in [0.05, 0.1) is 5.92 Å². The van der Waals surface area contributed by atoms with Gasteiger partial charge in [0.25, 0.3) is 0 Å². The molecule has 5 nitrogen and oxygen atoms in total. The number of anilines is 1. The van der Waals surface area contributed by atoms with Crippen molar-refractivity contribution >= 4 is 22.7 Å². The topological polar surface area (TPSA) is 66.3 Å². The first kappa shape index (κ1) is 12.3. The Morgan fingerprint density at radius 1 is 1.39 bits per heavy atom. The maximum absolute atomic E-state index is 10.9. The Bertz CT molecular complexity index is 566. The monoisotopic (exact) mass is 245 g/mol. The summed E-state index contributed by atoms with van der Waals surface area (Å²) in [6, 6.07) is 5.66. The van der Waals surface area contributed by atoms with Gasteiger partial charge in [-0.3, -0.25) is 4.79 Å². The standard InChI is InChI=1S/C13H15N3O2/c1-9(13(17)18)8-16(2)11-5-7-15-12-10(11)4-3-6-14-12/h3-7,9H,8H2,1-2H3,(H,17,18). The number of hydrogen-bond donors (Lipinski definition) is 1. The van der Waals surface area contributed by atoms with E-state index in [1.807, 2.05) is 30.1 Å². The number of fused-ring (bicyclic) bond motifs is 1. The molecule has 18 heavy (non-hydrogen) atoms. The van der Waals surface area contributed by atoms with Crippen LogP contribution in [0.1, 0.15) is 6.92 Å². The minimum Gasteiger partial charge on any atom is -0.481 e. The summed E-state index contributed by atoms with van der Waals surface area (Å²) in [7, 11) is 1.88. The van der Waals surface area contributed by atoms with Crippen LogP contribution in [0, 0.1) is 5.92 Å². The number of nitrogens with zero attached hydrogens (tertiary/aromatic N) is 3. The number of carbonyl (C=O) groups is 1. The van der Waals surface area contributed by atoms with Gasteiger partial charge in [0.1, 0.15) is 0 Å². The van der Waals surface area contributed by atoms with Crippen LogP contribution in [0.4, 0.5) is 5.69 Å². The Hall–Kier alpha value is -2.17. The number of pyridine rings is 2. The lowest BCUT2D eigenvalue weighted by atomic mass is 10.1. The normalized spacial score (nSPS) is 12.3. The third-order valence-electron chi connectivity index (χ3n) is 2.87. The van der Waals surface area contributed by atoms with Gasteiger partial charge in [-0.2, -0.15) is 0 Å². The zero-order valence-electron chi connectivity index (χ0n) is 10.4. The molecule has 0 spiro atoms. The molecule has 2 aromatic rings.